The molecule has 16 heteroatoms. The van der Waals surface area contributed by atoms with E-state index >= 15 is 0 Å². The number of aromatic nitrogens is 4. The monoisotopic (exact) mass is 836 g/mol. The second-order valence-corrected chi connectivity index (χ2v) is 15.1. The van der Waals surface area contributed by atoms with E-state index < -0.39 is 23.9 Å². The summed E-state index contributed by atoms with van der Waals surface area (Å²) in [5.74, 6) is -0.114. The van der Waals surface area contributed by atoms with E-state index in [0.717, 1.165) is 22.5 Å². The van der Waals surface area contributed by atoms with Gasteiger partial charge in [0.25, 0.3) is 23.6 Å². The SMILES string of the molecule is CN1C(=O)[C@@H](NC(=O)c2cc3n(n2)CCOC3c2ccccc2)COc2ccccc21.CN1C(=O)[C@@H](NC(=O)c2cc3n(n2)CCO[C@H]3c2ccccc2)COc2ccccc21. The molecule has 4 aromatic carbocycles. The molecule has 4 atom stereocenters. The third-order valence-electron chi connectivity index (χ3n) is 11.1. The molecule has 2 N–H and O–H groups in total. The minimum Gasteiger partial charge on any atom is -0.489 e. The summed E-state index contributed by atoms with van der Waals surface area (Å²) < 4.78 is 27.0. The van der Waals surface area contributed by atoms with Crippen LogP contribution in [0.2, 0.25) is 0 Å². The van der Waals surface area contributed by atoms with E-state index in [2.05, 4.69) is 20.8 Å². The van der Waals surface area contributed by atoms with Crippen molar-refractivity contribution < 1.29 is 38.1 Å². The lowest BCUT2D eigenvalue weighted by atomic mass is 10.1. The Morgan fingerprint density at radius 1 is 0.565 bits per heavy atom. The first-order chi connectivity index (χ1) is 30.2. The quantitative estimate of drug-likeness (QED) is 0.247. The van der Waals surface area contributed by atoms with E-state index in [1.807, 2.05) is 97.1 Å². The molecule has 0 aliphatic carbocycles. The maximum atomic E-state index is 13.0. The van der Waals surface area contributed by atoms with Gasteiger partial charge < -0.3 is 39.4 Å². The van der Waals surface area contributed by atoms with Crippen LogP contribution in [0.5, 0.6) is 11.5 Å². The van der Waals surface area contributed by atoms with Gasteiger partial charge in [-0.25, -0.2) is 0 Å². The number of ether oxygens (including phenoxy) is 4. The van der Waals surface area contributed by atoms with Crippen molar-refractivity contribution in [2.75, 3.05) is 50.3 Å². The van der Waals surface area contributed by atoms with E-state index in [9.17, 15) is 19.2 Å². The van der Waals surface area contributed by atoms with Crippen LogP contribution in [0.4, 0.5) is 11.4 Å². The zero-order valence-electron chi connectivity index (χ0n) is 34.0. The molecular formula is C46H44N8O8. The number of nitrogens with zero attached hydrogens (tertiary/aromatic N) is 6. The summed E-state index contributed by atoms with van der Waals surface area (Å²) in [6.07, 6.45) is -0.569. The first-order valence-corrected chi connectivity index (χ1v) is 20.3. The molecule has 0 saturated carbocycles. The van der Waals surface area contributed by atoms with Crippen LogP contribution >= 0.6 is 0 Å². The summed E-state index contributed by atoms with van der Waals surface area (Å²) in [6.45, 7) is 2.25. The third-order valence-corrected chi connectivity index (χ3v) is 11.1. The number of hydrogen-bond acceptors (Lipinski definition) is 10. The summed E-state index contributed by atoms with van der Waals surface area (Å²) in [5, 5.41) is 14.5. The molecule has 16 nitrogen and oxygen atoms in total. The van der Waals surface area contributed by atoms with Crippen molar-refractivity contribution in [2.24, 2.45) is 0 Å². The van der Waals surface area contributed by atoms with Crippen LogP contribution < -0.4 is 29.9 Å². The molecule has 0 radical (unpaired) electrons. The molecular weight excluding hydrogens is 793 g/mol. The average Bonchev–Trinajstić information content (AvgIpc) is 3.92. The summed E-state index contributed by atoms with van der Waals surface area (Å²) in [6, 6.07) is 36.1. The first-order valence-electron chi connectivity index (χ1n) is 20.3. The lowest BCUT2D eigenvalue weighted by Crippen LogP contribution is -2.49. The van der Waals surface area contributed by atoms with Gasteiger partial charge in [0.15, 0.2) is 11.4 Å². The molecule has 1 unspecified atom stereocenters. The number of fused-ring (bicyclic) bond motifs is 4. The molecule has 4 amide bonds. The smallest absolute Gasteiger partial charge is 0.272 e. The summed E-state index contributed by atoms with van der Waals surface area (Å²) in [7, 11) is 3.35. The maximum absolute atomic E-state index is 13.0. The van der Waals surface area contributed by atoms with Crippen molar-refractivity contribution in [1.29, 1.82) is 0 Å². The Hall–Kier alpha value is -7.30. The van der Waals surface area contributed by atoms with Gasteiger partial charge >= 0.3 is 0 Å². The molecule has 0 saturated heterocycles. The molecule has 4 aliphatic rings. The van der Waals surface area contributed by atoms with Crippen molar-refractivity contribution in [3.05, 3.63) is 155 Å². The van der Waals surface area contributed by atoms with Gasteiger partial charge in [-0.1, -0.05) is 84.9 Å². The topological polar surface area (TPSA) is 171 Å². The molecule has 4 aliphatic heterocycles. The van der Waals surface area contributed by atoms with Crippen LogP contribution in [-0.4, -0.2) is 95.8 Å². The number of benzene rings is 4. The van der Waals surface area contributed by atoms with Crippen LogP contribution in [0.15, 0.2) is 121 Å². The van der Waals surface area contributed by atoms with Gasteiger partial charge in [-0.2, -0.15) is 10.2 Å². The molecule has 10 rings (SSSR count). The van der Waals surface area contributed by atoms with Crippen LogP contribution in [0.3, 0.4) is 0 Å². The Morgan fingerprint density at radius 2 is 0.952 bits per heavy atom. The van der Waals surface area contributed by atoms with Crippen LogP contribution in [0.25, 0.3) is 0 Å². The Morgan fingerprint density at radius 3 is 1.37 bits per heavy atom. The second-order valence-electron chi connectivity index (χ2n) is 15.1. The fourth-order valence-corrected chi connectivity index (χ4v) is 7.92. The van der Waals surface area contributed by atoms with Crippen LogP contribution in [0.1, 0.15) is 55.7 Å². The predicted octanol–water partition coefficient (Wildman–Crippen LogP) is 4.31. The number of likely N-dealkylation sites (N-methyl/N-ethyl adjacent to an activating group) is 2. The zero-order valence-corrected chi connectivity index (χ0v) is 34.0. The van der Waals surface area contributed by atoms with Gasteiger partial charge in [0, 0.05) is 14.1 Å². The van der Waals surface area contributed by atoms with Gasteiger partial charge in [-0.3, -0.25) is 28.5 Å². The lowest BCUT2D eigenvalue weighted by molar-refractivity contribution is -0.121. The van der Waals surface area contributed by atoms with Gasteiger partial charge in [0.05, 0.1) is 49.1 Å². The van der Waals surface area contributed by atoms with Crippen molar-refractivity contribution in [1.82, 2.24) is 30.2 Å². The van der Waals surface area contributed by atoms with E-state index in [1.165, 1.54) is 9.80 Å². The van der Waals surface area contributed by atoms with Gasteiger partial charge in [0.1, 0.15) is 49.0 Å². The number of para-hydroxylation sites is 4. The highest BCUT2D eigenvalue weighted by molar-refractivity contribution is 6.04. The Labute approximate surface area is 356 Å². The number of amides is 4. The largest absolute Gasteiger partial charge is 0.489 e. The Kier molecular flexibility index (Phi) is 11.2. The molecule has 62 heavy (non-hydrogen) atoms. The normalized spacial score (nSPS) is 20.3. The number of anilines is 2. The zero-order chi connectivity index (χ0) is 42.7. The first kappa shape index (κ1) is 40.1. The summed E-state index contributed by atoms with van der Waals surface area (Å²) in [4.78, 5) is 54.7. The maximum Gasteiger partial charge on any atom is 0.272 e. The molecule has 0 bridgehead atoms. The Balaban J connectivity index is 0.000000158. The van der Waals surface area contributed by atoms with E-state index in [-0.39, 0.29) is 48.6 Å². The van der Waals surface area contributed by atoms with Gasteiger partial charge in [-0.15, -0.1) is 0 Å². The van der Waals surface area contributed by atoms with Crippen molar-refractivity contribution in [3.63, 3.8) is 0 Å². The molecule has 6 aromatic rings. The minimum absolute atomic E-state index is 0.0508. The molecule has 316 valence electrons. The van der Waals surface area contributed by atoms with Crippen molar-refractivity contribution >= 4 is 35.0 Å². The van der Waals surface area contributed by atoms with Crippen LogP contribution in [-0.2, 0) is 32.2 Å². The third kappa shape index (κ3) is 8.00. The highest BCUT2D eigenvalue weighted by atomic mass is 16.5. The number of nitrogens with one attached hydrogen (secondary N) is 2. The standard InChI is InChI=1S/2C23H22N4O4/c2*1-26-18-9-5-6-10-20(18)31-14-17(23(26)29)24-22(28)16-13-19-21(15-7-3-2-4-8-15)30-12-11-27(19)25-16/h2*2-10,13,17,21H,11-12,14H2,1H3,(H,24,28)/t17-,21?;17-,21-/m00/s1. The molecule has 0 spiro atoms. The fraction of sp³-hybridized carbons (Fsp3) is 0.261. The molecule has 0 fully saturated rings. The second kappa shape index (κ2) is 17.4. The number of carbonyl (C=O) groups excluding carboxylic acids is 4. The summed E-state index contributed by atoms with van der Waals surface area (Å²) >= 11 is 0. The average molecular weight is 837 g/mol. The summed E-state index contributed by atoms with van der Waals surface area (Å²) in [5.41, 5.74) is 5.47. The predicted molar refractivity (Wildman–Crippen MR) is 226 cm³/mol. The molecule has 6 heterocycles. The Bertz CT molecular complexity index is 2430. The van der Waals surface area contributed by atoms with Crippen molar-refractivity contribution in [2.45, 2.75) is 37.4 Å². The van der Waals surface area contributed by atoms with E-state index in [1.54, 1.807) is 47.7 Å². The highest BCUT2D eigenvalue weighted by Crippen LogP contribution is 2.33. The van der Waals surface area contributed by atoms with Crippen molar-refractivity contribution in [3.8, 4) is 11.5 Å². The number of hydrogen-bond donors (Lipinski definition) is 2. The number of rotatable bonds is 6. The molecule has 2 aromatic heterocycles. The van der Waals surface area contributed by atoms with Gasteiger partial charge in [-0.05, 0) is 47.5 Å². The van der Waals surface area contributed by atoms with E-state index in [0.29, 0.717) is 49.2 Å². The highest BCUT2D eigenvalue weighted by Gasteiger charge is 2.34. The fourth-order valence-electron chi connectivity index (χ4n) is 7.92. The van der Waals surface area contributed by atoms with Crippen LogP contribution in [0, 0.1) is 0 Å². The van der Waals surface area contributed by atoms with Gasteiger partial charge in [0.2, 0.25) is 0 Å². The number of carbonyl (C=O) groups is 4. The van der Waals surface area contributed by atoms with E-state index in [4.69, 9.17) is 18.9 Å². The lowest BCUT2D eigenvalue weighted by Gasteiger charge is -2.24. The minimum atomic E-state index is -0.815.